The molecule has 1 aliphatic heterocycles. The Kier molecular flexibility index (Phi) is 6.11. The molecule has 0 aromatic carbocycles. The fourth-order valence-electron chi connectivity index (χ4n) is 3.43. The highest BCUT2D eigenvalue weighted by molar-refractivity contribution is 4.85. The van der Waals surface area contributed by atoms with Crippen molar-refractivity contribution >= 4 is 0 Å². The van der Waals surface area contributed by atoms with Crippen molar-refractivity contribution in [2.45, 2.75) is 57.5 Å². The highest BCUT2D eigenvalue weighted by Gasteiger charge is 2.28. The van der Waals surface area contributed by atoms with Crippen molar-refractivity contribution in [3.8, 4) is 0 Å². The van der Waals surface area contributed by atoms with Crippen LogP contribution in [0, 0.1) is 5.92 Å². The van der Waals surface area contributed by atoms with Gasteiger partial charge in [-0.3, -0.25) is 0 Å². The third kappa shape index (κ3) is 4.73. The first kappa shape index (κ1) is 15.3. The Morgan fingerprint density at radius 1 is 1.16 bits per heavy atom. The van der Waals surface area contributed by atoms with Crippen molar-refractivity contribution in [3.63, 3.8) is 0 Å². The predicted molar refractivity (Wildman–Crippen MR) is 82.6 cm³/mol. The van der Waals surface area contributed by atoms with Crippen molar-refractivity contribution in [1.82, 2.24) is 15.1 Å². The molecule has 3 nitrogen and oxygen atoms in total. The van der Waals surface area contributed by atoms with Gasteiger partial charge in [0.1, 0.15) is 0 Å². The van der Waals surface area contributed by atoms with Gasteiger partial charge in [-0.1, -0.05) is 26.2 Å². The summed E-state index contributed by atoms with van der Waals surface area (Å²) in [4.78, 5) is 5.06. The van der Waals surface area contributed by atoms with Gasteiger partial charge in [0, 0.05) is 31.7 Å². The van der Waals surface area contributed by atoms with E-state index in [9.17, 15) is 0 Å². The van der Waals surface area contributed by atoms with Gasteiger partial charge in [0.15, 0.2) is 0 Å². The van der Waals surface area contributed by atoms with Crippen LogP contribution in [0.25, 0.3) is 0 Å². The molecule has 0 spiro atoms. The van der Waals surface area contributed by atoms with E-state index >= 15 is 0 Å². The summed E-state index contributed by atoms with van der Waals surface area (Å²) >= 11 is 0. The Balaban J connectivity index is 1.81. The smallest absolute Gasteiger partial charge is 0.0235 e. The van der Waals surface area contributed by atoms with Crippen LogP contribution >= 0.6 is 0 Å². The van der Waals surface area contributed by atoms with Crippen LogP contribution in [0.3, 0.4) is 0 Å². The van der Waals surface area contributed by atoms with Gasteiger partial charge in [0.2, 0.25) is 0 Å². The molecule has 112 valence electrons. The number of likely N-dealkylation sites (N-methyl/N-ethyl adjacent to an activating group) is 2. The minimum atomic E-state index is 0.740. The molecular weight excluding hydrogens is 234 g/mol. The predicted octanol–water partition coefficient (Wildman–Crippen LogP) is 2.18. The molecule has 0 aromatic rings. The minimum absolute atomic E-state index is 0.740. The molecule has 1 heterocycles. The van der Waals surface area contributed by atoms with Gasteiger partial charge in [0.05, 0.1) is 0 Å². The number of nitrogens with one attached hydrogen (secondary N) is 1. The SMILES string of the molecule is CCCNC(CC1CCC1)CC1CN(C)CCN1C. The van der Waals surface area contributed by atoms with Crippen molar-refractivity contribution in [2.24, 2.45) is 5.92 Å². The molecule has 2 unspecified atom stereocenters. The lowest BCUT2D eigenvalue weighted by Crippen LogP contribution is -2.52. The first-order valence-corrected chi connectivity index (χ1v) is 8.31. The quantitative estimate of drug-likeness (QED) is 0.763. The Labute approximate surface area is 119 Å². The molecule has 1 saturated carbocycles. The van der Waals surface area contributed by atoms with Crippen LogP contribution in [-0.2, 0) is 0 Å². The lowest BCUT2D eigenvalue weighted by molar-refractivity contribution is 0.0958. The van der Waals surface area contributed by atoms with Crippen LogP contribution in [0.1, 0.15) is 45.4 Å². The molecule has 1 aliphatic carbocycles. The number of nitrogens with zero attached hydrogens (tertiary/aromatic N) is 2. The second kappa shape index (κ2) is 7.61. The molecule has 2 aliphatic rings. The van der Waals surface area contributed by atoms with Crippen LogP contribution in [0.2, 0.25) is 0 Å². The maximum absolute atomic E-state index is 3.81. The summed E-state index contributed by atoms with van der Waals surface area (Å²) in [7, 11) is 4.57. The summed E-state index contributed by atoms with van der Waals surface area (Å²) in [6, 6.07) is 1.48. The van der Waals surface area contributed by atoms with E-state index in [2.05, 4.69) is 36.1 Å². The average Bonchev–Trinajstić information content (AvgIpc) is 2.34. The van der Waals surface area contributed by atoms with Gasteiger partial charge < -0.3 is 15.1 Å². The molecule has 1 saturated heterocycles. The van der Waals surface area contributed by atoms with Crippen molar-refractivity contribution in [1.29, 1.82) is 0 Å². The molecule has 1 N–H and O–H groups in total. The van der Waals surface area contributed by atoms with E-state index in [0.717, 1.165) is 18.0 Å². The summed E-state index contributed by atoms with van der Waals surface area (Å²) in [6.07, 6.45) is 8.42. The molecule has 0 amide bonds. The monoisotopic (exact) mass is 267 g/mol. The number of piperazine rings is 1. The fourth-order valence-corrected chi connectivity index (χ4v) is 3.43. The van der Waals surface area contributed by atoms with Gasteiger partial charge in [-0.05, 0) is 45.8 Å². The second-order valence-electron chi connectivity index (χ2n) is 6.82. The Morgan fingerprint density at radius 2 is 1.95 bits per heavy atom. The minimum Gasteiger partial charge on any atom is -0.314 e. The second-order valence-corrected chi connectivity index (χ2v) is 6.82. The fraction of sp³-hybridized carbons (Fsp3) is 1.00. The summed E-state index contributed by atoms with van der Waals surface area (Å²) in [5, 5.41) is 3.81. The number of rotatable bonds is 7. The zero-order valence-corrected chi connectivity index (χ0v) is 13.2. The molecule has 0 aromatic heterocycles. The maximum atomic E-state index is 3.81. The first-order valence-electron chi connectivity index (χ1n) is 8.31. The van der Waals surface area contributed by atoms with E-state index < -0.39 is 0 Å². The van der Waals surface area contributed by atoms with Gasteiger partial charge in [-0.2, -0.15) is 0 Å². The highest BCUT2D eigenvalue weighted by Crippen LogP contribution is 2.31. The van der Waals surface area contributed by atoms with E-state index in [4.69, 9.17) is 0 Å². The van der Waals surface area contributed by atoms with Crippen LogP contribution in [0.5, 0.6) is 0 Å². The van der Waals surface area contributed by atoms with Crippen molar-refractivity contribution in [2.75, 3.05) is 40.3 Å². The molecule has 0 bridgehead atoms. The molecule has 2 rings (SSSR count). The van der Waals surface area contributed by atoms with Crippen LogP contribution in [-0.4, -0.2) is 62.2 Å². The average molecular weight is 267 g/mol. The van der Waals surface area contributed by atoms with E-state index in [1.807, 2.05) is 0 Å². The lowest BCUT2D eigenvalue weighted by atomic mass is 9.79. The van der Waals surface area contributed by atoms with Crippen LogP contribution in [0.15, 0.2) is 0 Å². The normalized spacial score (nSPS) is 28.3. The Bertz CT molecular complexity index is 252. The van der Waals surface area contributed by atoms with Crippen LogP contribution < -0.4 is 5.32 Å². The number of hydrogen-bond donors (Lipinski definition) is 1. The Morgan fingerprint density at radius 3 is 2.58 bits per heavy atom. The summed E-state index contributed by atoms with van der Waals surface area (Å²) in [5.74, 6) is 1.01. The van der Waals surface area contributed by atoms with Gasteiger partial charge >= 0.3 is 0 Å². The zero-order chi connectivity index (χ0) is 13.7. The third-order valence-corrected chi connectivity index (χ3v) is 5.06. The molecule has 2 atom stereocenters. The van der Waals surface area contributed by atoms with Gasteiger partial charge in [-0.15, -0.1) is 0 Å². The Hall–Kier alpha value is -0.120. The maximum Gasteiger partial charge on any atom is 0.0235 e. The molecular formula is C16H33N3. The van der Waals surface area contributed by atoms with Crippen molar-refractivity contribution in [3.05, 3.63) is 0 Å². The molecule has 3 heteroatoms. The van der Waals surface area contributed by atoms with Crippen LogP contribution in [0.4, 0.5) is 0 Å². The summed E-state index contributed by atoms with van der Waals surface area (Å²) in [6.45, 7) is 7.15. The van der Waals surface area contributed by atoms with E-state index in [0.29, 0.717) is 0 Å². The lowest BCUT2D eigenvalue weighted by Gasteiger charge is -2.40. The van der Waals surface area contributed by atoms with E-state index in [1.165, 1.54) is 64.7 Å². The third-order valence-electron chi connectivity index (χ3n) is 5.06. The standard InChI is InChI=1S/C16H33N3/c1-4-8-17-15(11-14-6-5-7-14)12-16-13-18(2)9-10-19(16)3/h14-17H,4-13H2,1-3H3. The van der Waals surface area contributed by atoms with E-state index in [1.54, 1.807) is 0 Å². The zero-order valence-electron chi connectivity index (χ0n) is 13.2. The highest BCUT2D eigenvalue weighted by atomic mass is 15.3. The topological polar surface area (TPSA) is 18.5 Å². The van der Waals surface area contributed by atoms with Crippen molar-refractivity contribution < 1.29 is 0 Å². The molecule has 19 heavy (non-hydrogen) atoms. The summed E-state index contributed by atoms with van der Waals surface area (Å²) < 4.78 is 0. The first-order chi connectivity index (χ1) is 9.19. The van der Waals surface area contributed by atoms with E-state index in [-0.39, 0.29) is 0 Å². The largest absolute Gasteiger partial charge is 0.314 e. The van der Waals surface area contributed by atoms with Gasteiger partial charge in [-0.25, -0.2) is 0 Å². The molecule has 2 fully saturated rings. The summed E-state index contributed by atoms with van der Waals surface area (Å²) in [5.41, 5.74) is 0. The van der Waals surface area contributed by atoms with Gasteiger partial charge in [0.25, 0.3) is 0 Å². The molecule has 0 radical (unpaired) electrons. The number of hydrogen-bond acceptors (Lipinski definition) is 3.